The lowest BCUT2D eigenvalue weighted by Gasteiger charge is -2.34. The molecule has 0 aromatic heterocycles. The van der Waals surface area contributed by atoms with Crippen molar-refractivity contribution in [3.8, 4) is 0 Å². The Labute approximate surface area is 126 Å². The van der Waals surface area contributed by atoms with E-state index in [0.717, 1.165) is 58.2 Å². The van der Waals surface area contributed by atoms with Gasteiger partial charge in [0, 0.05) is 25.0 Å². The Morgan fingerprint density at radius 2 is 2.10 bits per heavy atom. The summed E-state index contributed by atoms with van der Waals surface area (Å²) in [5, 5.41) is 6.29. The van der Waals surface area contributed by atoms with Crippen LogP contribution < -0.4 is 10.6 Å². The third kappa shape index (κ3) is 3.39. The number of likely N-dealkylation sites (tertiary alicyclic amines) is 1. The van der Waals surface area contributed by atoms with Gasteiger partial charge in [-0.25, -0.2) is 0 Å². The Balaban J connectivity index is 1.45. The molecule has 3 fully saturated rings. The number of carbonyl (C=O) groups is 2. The molecule has 2 atom stereocenters. The number of nitrogens with one attached hydrogen (secondary N) is 2. The van der Waals surface area contributed by atoms with Gasteiger partial charge in [0.1, 0.15) is 0 Å². The van der Waals surface area contributed by atoms with Crippen LogP contribution in [0.5, 0.6) is 0 Å². The predicted octanol–water partition coefficient (Wildman–Crippen LogP) is 0.893. The summed E-state index contributed by atoms with van der Waals surface area (Å²) < 4.78 is 0. The molecule has 3 aliphatic rings. The zero-order valence-electron chi connectivity index (χ0n) is 13.0. The lowest BCUT2D eigenvalue weighted by atomic mass is 9.96. The van der Waals surface area contributed by atoms with E-state index in [1.54, 1.807) is 0 Å². The summed E-state index contributed by atoms with van der Waals surface area (Å²) in [6, 6.07) is -0.00305. The molecule has 2 heterocycles. The van der Waals surface area contributed by atoms with Crippen LogP contribution in [0, 0.1) is 11.3 Å². The lowest BCUT2D eigenvalue weighted by Crippen LogP contribution is -2.48. The summed E-state index contributed by atoms with van der Waals surface area (Å²) in [6.45, 7) is 5.43. The van der Waals surface area contributed by atoms with E-state index in [4.69, 9.17) is 0 Å². The molecule has 5 heteroatoms. The standard InChI is InChI=1S/C16H27N3O2/c1-16(6-7-16)15(21)19-9-3-4-12(11-19)10-18-14(20)13-5-2-8-17-13/h12-13,17H,2-11H2,1H3,(H,18,20). The van der Waals surface area contributed by atoms with Crippen LogP contribution in [0.1, 0.15) is 45.4 Å². The highest BCUT2D eigenvalue weighted by atomic mass is 16.2. The van der Waals surface area contributed by atoms with Gasteiger partial charge in [-0.05, 0) is 51.0 Å². The van der Waals surface area contributed by atoms with Gasteiger partial charge in [0.2, 0.25) is 11.8 Å². The van der Waals surface area contributed by atoms with E-state index in [2.05, 4.69) is 17.6 Å². The molecule has 21 heavy (non-hydrogen) atoms. The van der Waals surface area contributed by atoms with Crippen LogP contribution in [-0.2, 0) is 9.59 Å². The molecule has 0 radical (unpaired) electrons. The average Bonchev–Trinajstić information content (AvgIpc) is 3.04. The lowest BCUT2D eigenvalue weighted by molar-refractivity contribution is -0.138. The molecule has 2 amide bonds. The second kappa shape index (κ2) is 5.95. The third-order valence-electron chi connectivity index (χ3n) is 5.26. The fraction of sp³-hybridized carbons (Fsp3) is 0.875. The van der Waals surface area contributed by atoms with E-state index < -0.39 is 0 Å². The molecule has 0 spiro atoms. The van der Waals surface area contributed by atoms with Crippen molar-refractivity contribution in [3.05, 3.63) is 0 Å². The largest absolute Gasteiger partial charge is 0.354 e. The topological polar surface area (TPSA) is 61.4 Å². The molecule has 1 aliphatic carbocycles. The van der Waals surface area contributed by atoms with Gasteiger partial charge in [0.05, 0.1) is 6.04 Å². The van der Waals surface area contributed by atoms with Crippen molar-refractivity contribution in [2.45, 2.75) is 51.5 Å². The van der Waals surface area contributed by atoms with Crippen LogP contribution in [0.4, 0.5) is 0 Å². The van der Waals surface area contributed by atoms with Crippen molar-refractivity contribution >= 4 is 11.8 Å². The van der Waals surface area contributed by atoms with E-state index >= 15 is 0 Å². The van der Waals surface area contributed by atoms with Gasteiger partial charge >= 0.3 is 0 Å². The molecular weight excluding hydrogens is 266 g/mol. The summed E-state index contributed by atoms with van der Waals surface area (Å²) >= 11 is 0. The van der Waals surface area contributed by atoms with Gasteiger partial charge in [-0.3, -0.25) is 9.59 Å². The van der Waals surface area contributed by atoms with Gasteiger partial charge in [-0.1, -0.05) is 6.92 Å². The van der Waals surface area contributed by atoms with E-state index in [0.29, 0.717) is 18.4 Å². The normalized spacial score (nSPS) is 31.0. The van der Waals surface area contributed by atoms with Gasteiger partial charge in [-0.15, -0.1) is 0 Å². The van der Waals surface area contributed by atoms with Gasteiger partial charge in [0.25, 0.3) is 0 Å². The quantitative estimate of drug-likeness (QED) is 0.809. The van der Waals surface area contributed by atoms with Crippen LogP contribution in [0.25, 0.3) is 0 Å². The Kier molecular flexibility index (Phi) is 4.20. The Morgan fingerprint density at radius 3 is 2.76 bits per heavy atom. The number of amides is 2. The van der Waals surface area contributed by atoms with Crippen molar-refractivity contribution in [1.82, 2.24) is 15.5 Å². The summed E-state index contributed by atoms with van der Waals surface area (Å²) in [5.41, 5.74) is -0.0705. The SMILES string of the molecule is CC1(C(=O)N2CCCC(CNC(=O)C3CCCN3)C2)CC1. The summed E-state index contributed by atoms with van der Waals surface area (Å²) in [5.74, 6) is 0.872. The molecule has 2 saturated heterocycles. The number of rotatable bonds is 4. The maximum Gasteiger partial charge on any atom is 0.237 e. The van der Waals surface area contributed by atoms with Crippen molar-refractivity contribution < 1.29 is 9.59 Å². The summed E-state index contributed by atoms with van der Waals surface area (Å²) in [7, 11) is 0. The minimum Gasteiger partial charge on any atom is -0.354 e. The first-order chi connectivity index (χ1) is 10.1. The molecule has 1 saturated carbocycles. The first-order valence-electron chi connectivity index (χ1n) is 8.39. The fourth-order valence-electron chi connectivity index (χ4n) is 3.48. The van der Waals surface area contributed by atoms with E-state index in [-0.39, 0.29) is 17.4 Å². The highest BCUT2D eigenvalue weighted by Crippen LogP contribution is 2.46. The Hall–Kier alpha value is -1.10. The van der Waals surface area contributed by atoms with Crippen LogP contribution in [0.15, 0.2) is 0 Å². The number of carbonyl (C=O) groups excluding carboxylic acids is 2. The highest BCUT2D eigenvalue weighted by Gasteiger charge is 2.47. The van der Waals surface area contributed by atoms with Crippen molar-refractivity contribution in [3.63, 3.8) is 0 Å². The first kappa shape index (κ1) is 14.8. The highest BCUT2D eigenvalue weighted by molar-refractivity contribution is 5.85. The van der Waals surface area contributed by atoms with Crippen molar-refractivity contribution in [2.24, 2.45) is 11.3 Å². The number of nitrogens with zero attached hydrogens (tertiary/aromatic N) is 1. The predicted molar refractivity (Wildman–Crippen MR) is 80.7 cm³/mol. The molecule has 2 N–H and O–H groups in total. The van der Waals surface area contributed by atoms with Crippen LogP contribution in [-0.4, -0.2) is 48.9 Å². The second-order valence-corrected chi connectivity index (χ2v) is 7.21. The summed E-state index contributed by atoms with van der Waals surface area (Å²) in [4.78, 5) is 26.5. The molecule has 0 bridgehead atoms. The van der Waals surface area contributed by atoms with Crippen molar-refractivity contribution in [1.29, 1.82) is 0 Å². The second-order valence-electron chi connectivity index (χ2n) is 7.21. The third-order valence-corrected chi connectivity index (χ3v) is 5.26. The van der Waals surface area contributed by atoms with Gasteiger partial charge in [-0.2, -0.15) is 0 Å². The summed E-state index contributed by atoms with van der Waals surface area (Å²) in [6.07, 6.45) is 6.28. The molecule has 2 unspecified atom stereocenters. The monoisotopic (exact) mass is 293 g/mol. The molecule has 5 nitrogen and oxygen atoms in total. The Bertz CT molecular complexity index is 414. The van der Waals surface area contributed by atoms with Crippen LogP contribution >= 0.6 is 0 Å². The Morgan fingerprint density at radius 1 is 1.29 bits per heavy atom. The van der Waals surface area contributed by atoms with Gasteiger partial charge in [0.15, 0.2) is 0 Å². The maximum absolute atomic E-state index is 12.4. The van der Waals surface area contributed by atoms with E-state index in [9.17, 15) is 9.59 Å². The smallest absolute Gasteiger partial charge is 0.237 e. The molecule has 0 aromatic rings. The van der Waals surface area contributed by atoms with Crippen molar-refractivity contribution in [2.75, 3.05) is 26.2 Å². The minimum atomic E-state index is -0.0705. The molecule has 2 aliphatic heterocycles. The zero-order chi connectivity index (χ0) is 14.9. The van der Waals surface area contributed by atoms with E-state index in [1.807, 2.05) is 4.90 Å². The molecule has 3 rings (SSSR count). The molecule has 118 valence electrons. The molecular formula is C16H27N3O2. The number of hydrogen-bond donors (Lipinski definition) is 2. The number of piperidine rings is 1. The average molecular weight is 293 g/mol. The minimum absolute atomic E-state index is 0.00305. The van der Waals surface area contributed by atoms with E-state index in [1.165, 1.54) is 0 Å². The van der Waals surface area contributed by atoms with Crippen LogP contribution in [0.3, 0.4) is 0 Å². The molecule has 0 aromatic carbocycles. The van der Waals surface area contributed by atoms with Gasteiger partial charge < -0.3 is 15.5 Å². The fourth-order valence-corrected chi connectivity index (χ4v) is 3.48. The zero-order valence-corrected chi connectivity index (χ0v) is 13.0. The number of hydrogen-bond acceptors (Lipinski definition) is 3. The van der Waals surface area contributed by atoms with Crippen LogP contribution in [0.2, 0.25) is 0 Å². The first-order valence-corrected chi connectivity index (χ1v) is 8.39. The maximum atomic E-state index is 12.4.